The zero-order valence-corrected chi connectivity index (χ0v) is 7.79. The van der Waals surface area contributed by atoms with Crippen LogP contribution in [-0.2, 0) is 4.79 Å². The molecule has 3 N–H and O–H groups in total. The van der Waals surface area contributed by atoms with Crippen LogP contribution in [-0.4, -0.2) is 33.1 Å². The number of halogens is 2. The maximum absolute atomic E-state index is 9.79. The molecule has 1 radical (unpaired) electrons. The number of carboxylic acids is 1. The van der Waals surface area contributed by atoms with E-state index >= 15 is 0 Å². The van der Waals surface area contributed by atoms with Gasteiger partial charge in [-0.25, -0.2) is 0 Å². The van der Waals surface area contributed by atoms with Crippen molar-refractivity contribution in [2.75, 3.05) is 0 Å². The van der Waals surface area contributed by atoms with E-state index in [1.54, 1.807) is 0 Å². The van der Waals surface area contributed by atoms with Crippen LogP contribution >= 0.6 is 24.8 Å². The summed E-state index contributed by atoms with van der Waals surface area (Å²) < 4.78 is 0. The molecule has 3 nitrogen and oxygen atoms in total. The molecule has 1 unspecified atom stereocenters. The van der Waals surface area contributed by atoms with Gasteiger partial charge in [-0.15, -0.1) is 24.8 Å². The normalized spacial score (nSPS) is 10.4. The monoisotopic (exact) mass is 240 g/mol. The van der Waals surface area contributed by atoms with Crippen LogP contribution in [0, 0.1) is 0 Å². The van der Waals surface area contributed by atoms with Crippen molar-refractivity contribution >= 4 is 46.8 Å². The third kappa shape index (κ3) is 8.53. The average Bonchev–Trinajstić information content (AvgIpc) is 1.65. The number of carbonyl (C=O) groups is 1. The van der Waals surface area contributed by atoms with Crippen LogP contribution in [0.1, 0.15) is 0 Å². The summed E-state index contributed by atoms with van der Waals surface area (Å²) in [6.45, 7) is 0. The van der Waals surface area contributed by atoms with Crippen molar-refractivity contribution in [3.63, 3.8) is 0 Å². The van der Waals surface area contributed by atoms with Gasteiger partial charge in [0.05, 0.1) is 0 Å². The number of hydrogen-bond acceptors (Lipinski definition) is 2. The van der Waals surface area contributed by atoms with Crippen molar-refractivity contribution in [3.05, 3.63) is 0 Å². The molecule has 1 atom stereocenters. The number of carboxylic acid groups (broad SMARTS) is 1. The van der Waals surface area contributed by atoms with Crippen molar-refractivity contribution in [2.24, 2.45) is 5.73 Å². The van der Waals surface area contributed by atoms with E-state index in [1.165, 1.54) is 0 Å². The van der Waals surface area contributed by atoms with Gasteiger partial charge in [-0.3, -0.25) is 0 Å². The van der Waals surface area contributed by atoms with Gasteiger partial charge in [0, 0.05) is 0 Å². The molecule has 0 heterocycles. The first-order chi connectivity index (χ1) is 3.18. The van der Waals surface area contributed by atoms with Gasteiger partial charge in [0.25, 0.3) is 0 Å². The number of aliphatic carboxylic acids is 1. The Balaban J connectivity index is -0.000000180. The van der Waals surface area contributed by atoms with Crippen LogP contribution in [0.15, 0.2) is 0 Å². The quantitative estimate of drug-likeness (QED) is 0.658. The number of nitrogens with two attached hydrogens (primary N) is 1. The molecule has 6 heteroatoms. The Kier molecular flexibility index (Phi) is 15.4. The third-order valence-corrected chi connectivity index (χ3v) is 1.25. The van der Waals surface area contributed by atoms with Crippen LogP contribution < -0.4 is 5.73 Å². The van der Waals surface area contributed by atoms with E-state index < -0.39 is 12.0 Å². The van der Waals surface area contributed by atoms with E-state index in [9.17, 15) is 4.79 Å². The number of hydrogen-bond donors (Lipinski definition) is 2. The Hall–Kier alpha value is 0.529. The van der Waals surface area contributed by atoms with Gasteiger partial charge in [-0.2, -0.15) is 0 Å². The molecular formula is C3H8Cl2NO2Se. The third-order valence-electron chi connectivity index (χ3n) is 0.497. The van der Waals surface area contributed by atoms with Crippen molar-refractivity contribution < 1.29 is 9.90 Å². The van der Waals surface area contributed by atoms with E-state index in [4.69, 9.17) is 10.8 Å². The molecule has 0 aromatic heterocycles. The molecule has 0 aliphatic heterocycles. The summed E-state index contributed by atoms with van der Waals surface area (Å²) in [5.41, 5.74) is 4.98. The first kappa shape index (κ1) is 16.3. The molecule has 0 aromatic rings. The van der Waals surface area contributed by atoms with E-state index in [0.717, 1.165) is 0 Å². The van der Waals surface area contributed by atoms with Gasteiger partial charge >= 0.3 is 49.0 Å². The summed E-state index contributed by atoms with van der Waals surface area (Å²) in [6, 6.07) is -0.736. The summed E-state index contributed by atoms with van der Waals surface area (Å²) in [7, 11) is 0. The molecule has 0 saturated carbocycles. The fourth-order valence-electron chi connectivity index (χ4n) is 0.0713. The van der Waals surface area contributed by atoms with Crippen LogP contribution in [0.4, 0.5) is 0 Å². The molecule has 0 amide bonds. The fourth-order valence-corrected chi connectivity index (χ4v) is 0.370. The minimum absolute atomic E-state index is 0. The summed E-state index contributed by atoms with van der Waals surface area (Å²) in [6.07, 6.45) is 0. The van der Waals surface area contributed by atoms with Gasteiger partial charge in [0.15, 0.2) is 0 Å². The molecule has 0 aromatic carbocycles. The zero-order valence-electron chi connectivity index (χ0n) is 4.44. The molecule has 0 saturated heterocycles. The van der Waals surface area contributed by atoms with Crippen LogP contribution in [0.25, 0.3) is 0 Å². The Morgan fingerprint density at radius 3 is 2.00 bits per heavy atom. The molecule has 0 aliphatic rings. The van der Waals surface area contributed by atoms with E-state index in [0.29, 0.717) is 5.32 Å². The SMILES string of the molecule is Cl.Cl.NC(C[Se])C(=O)O. The fraction of sp³-hybridized carbons (Fsp3) is 0.667. The Labute approximate surface area is 74.0 Å². The standard InChI is InChI=1S/C3H6NO2Se.2ClH/c4-2(1-7)3(5)6;;/h2H,1,4H2,(H,5,6);2*1H. The van der Waals surface area contributed by atoms with Gasteiger partial charge < -0.3 is 0 Å². The van der Waals surface area contributed by atoms with Crippen molar-refractivity contribution in [3.8, 4) is 0 Å². The molecule has 57 valence electrons. The second kappa shape index (κ2) is 8.53. The van der Waals surface area contributed by atoms with Crippen molar-refractivity contribution in [2.45, 2.75) is 11.4 Å². The van der Waals surface area contributed by atoms with E-state index in [1.807, 2.05) is 0 Å². The maximum atomic E-state index is 9.79. The zero-order chi connectivity index (χ0) is 5.86. The molecule has 9 heavy (non-hydrogen) atoms. The minimum atomic E-state index is -0.959. The van der Waals surface area contributed by atoms with Gasteiger partial charge in [0.2, 0.25) is 0 Å². The summed E-state index contributed by atoms with van der Waals surface area (Å²) >= 11 is 2.52. The first-order valence-corrected chi connectivity index (χ1v) is 2.96. The average molecular weight is 240 g/mol. The Morgan fingerprint density at radius 1 is 1.67 bits per heavy atom. The van der Waals surface area contributed by atoms with Gasteiger partial charge in [-0.05, 0) is 0 Å². The van der Waals surface area contributed by atoms with E-state index in [-0.39, 0.29) is 24.8 Å². The predicted octanol–water partition coefficient (Wildman–Crippen LogP) is -0.171. The molecule has 0 bridgehead atoms. The van der Waals surface area contributed by atoms with Gasteiger partial charge in [-0.1, -0.05) is 0 Å². The Morgan fingerprint density at radius 2 is 2.00 bits per heavy atom. The first-order valence-electron chi connectivity index (χ1n) is 1.75. The van der Waals surface area contributed by atoms with Gasteiger partial charge in [0.1, 0.15) is 0 Å². The molecular weight excluding hydrogens is 232 g/mol. The molecule has 0 rings (SSSR count). The Bertz CT molecular complexity index is 82.2. The van der Waals surface area contributed by atoms with Crippen LogP contribution in [0.3, 0.4) is 0 Å². The molecule has 0 spiro atoms. The summed E-state index contributed by atoms with van der Waals surface area (Å²) in [5, 5.41) is 8.41. The van der Waals surface area contributed by atoms with Crippen molar-refractivity contribution in [1.29, 1.82) is 0 Å². The summed E-state index contributed by atoms with van der Waals surface area (Å²) in [5.74, 6) is -0.959. The molecule has 0 fully saturated rings. The molecule has 0 aliphatic carbocycles. The predicted molar refractivity (Wildman–Crippen MR) is 40.7 cm³/mol. The summed E-state index contributed by atoms with van der Waals surface area (Å²) in [4.78, 5) is 9.79. The topological polar surface area (TPSA) is 63.3 Å². The number of rotatable bonds is 2. The second-order valence-corrected chi connectivity index (χ2v) is 1.81. The van der Waals surface area contributed by atoms with Crippen LogP contribution in [0.2, 0.25) is 5.32 Å². The van der Waals surface area contributed by atoms with E-state index in [2.05, 4.69) is 16.0 Å². The van der Waals surface area contributed by atoms with Crippen LogP contribution in [0.5, 0.6) is 0 Å². The second-order valence-electron chi connectivity index (χ2n) is 1.11. The van der Waals surface area contributed by atoms with Crippen molar-refractivity contribution in [1.82, 2.24) is 0 Å².